The predicted octanol–water partition coefficient (Wildman–Crippen LogP) is 2.66. The highest BCUT2D eigenvalue weighted by atomic mass is 16.2. The summed E-state index contributed by atoms with van der Waals surface area (Å²) < 4.78 is 0. The maximum atomic E-state index is 12.4. The van der Waals surface area contributed by atoms with Crippen LogP contribution in [-0.4, -0.2) is 18.5 Å². The van der Waals surface area contributed by atoms with Gasteiger partial charge in [0.2, 0.25) is 5.91 Å². The van der Waals surface area contributed by atoms with Crippen molar-refractivity contribution >= 4 is 23.0 Å². The van der Waals surface area contributed by atoms with Crippen molar-refractivity contribution in [2.24, 2.45) is 0 Å². The van der Waals surface area contributed by atoms with Gasteiger partial charge in [0.15, 0.2) is 0 Å². The van der Waals surface area contributed by atoms with Gasteiger partial charge in [-0.3, -0.25) is 4.79 Å². The molecule has 0 fully saturated rings. The molecule has 0 bridgehead atoms. The van der Waals surface area contributed by atoms with Gasteiger partial charge in [-0.1, -0.05) is 24.3 Å². The van der Waals surface area contributed by atoms with Crippen LogP contribution < -0.4 is 16.0 Å². The number of fused-ring (bicyclic) bond motifs is 1. The van der Waals surface area contributed by atoms with Crippen molar-refractivity contribution in [3.63, 3.8) is 0 Å². The van der Waals surface area contributed by atoms with Crippen LogP contribution in [0.4, 0.5) is 17.1 Å². The number of nitrogens with zero attached hydrogens (tertiary/aromatic N) is 1. The minimum atomic E-state index is -0.228. The highest BCUT2D eigenvalue weighted by Crippen LogP contribution is 2.33. The molecule has 0 aromatic heterocycles. The van der Waals surface area contributed by atoms with Crippen LogP contribution in [0.25, 0.3) is 0 Å². The molecule has 1 unspecified atom stereocenters. The second-order valence-electron chi connectivity index (χ2n) is 5.32. The van der Waals surface area contributed by atoms with E-state index in [9.17, 15) is 4.79 Å². The predicted molar refractivity (Wildman–Crippen MR) is 86.4 cm³/mol. The first kappa shape index (κ1) is 13.5. The molecule has 21 heavy (non-hydrogen) atoms. The molecule has 2 aromatic rings. The monoisotopic (exact) mass is 281 g/mol. The molecule has 3 N–H and O–H groups in total. The molecule has 4 nitrogen and oxygen atoms in total. The van der Waals surface area contributed by atoms with Crippen LogP contribution in [0.3, 0.4) is 0 Å². The lowest BCUT2D eigenvalue weighted by molar-refractivity contribution is -0.117. The van der Waals surface area contributed by atoms with Crippen LogP contribution in [0.15, 0.2) is 48.5 Å². The Hall–Kier alpha value is -2.49. The van der Waals surface area contributed by atoms with Crippen LogP contribution in [0.5, 0.6) is 0 Å². The highest BCUT2D eigenvalue weighted by Gasteiger charge is 2.28. The topological polar surface area (TPSA) is 58.4 Å². The molecular formula is C17H19N3O. The Labute approximate surface area is 124 Å². The summed E-state index contributed by atoms with van der Waals surface area (Å²) in [4.78, 5) is 14.5. The third kappa shape index (κ3) is 2.57. The summed E-state index contributed by atoms with van der Waals surface area (Å²) in [6, 6.07) is 15.2. The molecule has 0 saturated heterocycles. The zero-order chi connectivity index (χ0) is 14.8. The first-order valence-electron chi connectivity index (χ1n) is 7.17. The largest absolute Gasteiger partial charge is 0.398 e. The first-order chi connectivity index (χ1) is 10.2. The first-order valence-corrected chi connectivity index (χ1v) is 7.17. The lowest BCUT2D eigenvalue weighted by Gasteiger charge is -2.26. The average Bonchev–Trinajstić information content (AvgIpc) is 2.93. The SMILES string of the molecule is CC(C(=O)Nc1ccccc1)N1CCc2c(N)cccc21. The highest BCUT2D eigenvalue weighted by molar-refractivity contribution is 5.97. The van der Waals surface area contributed by atoms with E-state index >= 15 is 0 Å². The van der Waals surface area contributed by atoms with Crippen molar-refractivity contribution in [3.05, 3.63) is 54.1 Å². The van der Waals surface area contributed by atoms with Crippen LogP contribution in [-0.2, 0) is 11.2 Å². The zero-order valence-corrected chi connectivity index (χ0v) is 12.0. The maximum absolute atomic E-state index is 12.4. The number of para-hydroxylation sites is 1. The van der Waals surface area contributed by atoms with E-state index in [0.29, 0.717) is 0 Å². The lowest BCUT2D eigenvalue weighted by Crippen LogP contribution is -2.41. The average molecular weight is 281 g/mol. The number of carbonyl (C=O) groups excluding carboxylic acids is 1. The van der Waals surface area contributed by atoms with Gasteiger partial charge in [0.1, 0.15) is 6.04 Å². The minimum absolute atomic E-state index is 0.00326. The fourth-order valence-corrected chi connectivity index (χ4v) is 2.80. The minimum Gasteiger partial charge on any atom is -0.398 e. The Morgan fingerprint density at radius 1 is 1.19 bits per heavy atom. The second kappa shape index (κ2) is 5.48. The molecule has 108 valence electrons. The lowest BCUT2D eigenvalue weighted by atomic mass is 10.1. The fraction of sp³-hybridized carbons (Fsp3) is 0.235. The molecule has 1 heterocycles. The normalized spacial score (nSPS) is 14.6. The molecule has 1 amide bonds. The van der Waals surface area contributed by atoms with Crippen LogP contribution in [0.1, 0.15) is 12.5 Å². The Bertz CT molecular complexity index is 654. The summed E-state index contributed by atoms with van der Waals surface area (Å²) in [5.41, 5.74) is 9.86. The molecule has 1 atom stereocenters. The number of hydrogen-bond acceptors (Lipinski definition) is 3. The van der Waals surface area contributed by atoms with Crippen LogP contribution in [0, 0.1) is 0 Å². The molecule has 0 spiro atoms. The number of hydrogen-bond donors (Lipinski definition) is 2. The molecule has 2 aromatic carbocycles. The number of nitrogens with one attached hydrogen (secondary N) is 1. The molecule has 1 aliphatic heterocycles. The van der Waals surface area contributed by atoms with Gasteiger partial charge in [-0.15, -0.1) is 0 Å². The van der Waals surface area contributed by atoms with Gasteiger partial charge in [-0.05, 0) is 37.6 Å². The summed E-state index contributed by atoms with van der Waals surface area (Å²) in [6.45, 7) is 2.75. The van der Waals surface area contributed by atoms with E-state index in [1.165, 1.54) is 0 Å². The van der Waals surface area contributed by atoms with Crippen molar-refractivity contribution in [3.8, 4) is 0 Å². The van der Waals surface area contributed by atoms with Crippen LogP contribution in [0.2, 0.25) is 0 Å². The van der Waals surface area contributed by atoms with Gasteiger partial charge < -0.3 is 16.0 Å². The number of amides is 1. The number of rotatable bonds is 3. The molecule has 1 aliphatic rings. The van der Waals surface area contributed by atoms with E-state index in [4.69, 9.17) is 5.73 Å². The number of benzene rings is 2. The number of carbonyl (C=O) groups is 1. The van der Waals surface area contributed by atoms with E-state index in [2.05, 4.69) is 10.2 Å². The van der Waals surface area contributed by atoms with E-state index in [1.54, 1.807) is 0 Å². The summed E-state index contributed by atoms with van der Waals surface area (Å²) in [5, 5.41) is 2.95. The molecule has 0 saturated carbocycles. The Kier molecular flexibility index (Phi) is 3.52. The second-order valence-corrected chi connectivity index (χ2v) is 5.32. The van der Waals surface area contributed by atoms with Crippen molar-refractivity contribution in [2.45, 2.75) is 19.4 Å². The van der Waals surface area contributed by atoms with Gasteiger partial charge in [0, 0.05) is 29.2 Å². The summed E-state index contributed by atoms with van der Waals surface area (Å²) >= 11 is 0. The van der Waals surface area contributed by atoms with Crippen molar-refractivity contribution in [1.29, 1.82) is 0 Å². The summed E-state index contributed by atoms with van der Waals surface area (Å²) in [7, 11) is 0. The van der Waals surface area contributed by atoms with E-state index < -0.39 is 0 Å². The fourth-order valence-electron chi connectivity index (χ4n) is 2.80. The van der Waals surface area contributed by atoms with Crippen molar-refractivity contribution in [1.82, 2.24) is 0 Å². The maximum Gasteiger partial charge on any atom is 0.246 e. The number of anilines is 3. The molecule has 0 aliphatic carbocycles. The zero-order valence-electron chi connectivity index (χ0n) is 12.0. The molecule has 3 rings (SSSR count). The van der Waals surface area contributed by atoms with Gasteiger partial charge in [-0.25, -0.2) is 0 Å². The Balaban J connectivity index is 1.77. The van der Waals surface area contributed by atoms with Gasteiger partial charge in [0.05, 0.1) is 0 Å². The van der Waals surface area contributed by atoms with Crippen molar-refractivity contribution in [2.75, 3.05) is 22.5 Å². The Morgan fingerprint density at radius 2 is 1.95 bits per heavy atom. The van der Waals surface area contributed by atoms with E-state index in [-0.39, 0.29) is 11.9 Å². The molecule has 0 radical (unpaired) electrons. The van der Waals surface area contributed by atoms with Gasteiger partial charge in [-0.2, -0.15) is 0 Å². The summed E-state index contributed by atoms with van der Waals surface area (Å²) in [5.74, 6) is -0.00326. The van der Waals surface area contributed by atoms with E-state index in [0.717, 1.165) is 35.6 Å². The molecular weight excluding hydrogens is 262 g/mol. The summed E-state index contributed by atoms with van der Waals surface area (Å²) in [6.07, 6.45) is 0.894. The third-order valence-corrected chi connectivity index (χ3v) is 3.99. The third-order valence-electron chi connectivity index (χ3n) is 3.99. The quantitative estimate of drug-likeness (QED) is 0.850. The van der Waals surface area contributed by atoms with Crippen molar-refractivity contribution < 1.29 is 4.79 Å². The number of nitrogen functional groups attached to an aromatic ring is 1. The van der Waals surface area contributed by atoms with Gasteiger partial charge >= 0.3 is 0 Å². The van der Waals surface area contributed by atoms with E-state index in [1.807, 2.05) is 55.5 Å². The Morgan fingerprint density at radius 3 is 2.71 bits per heavy atom. The number of nitrogens with two attached hydrogens (primary N) is 1. The van der Waals surface area contributed by atoms with Crippen LogP contribution >= 0.6 is 0 Å². The smallest absolute Gasteiger partial charge is 0.246 e. The molecule has 4 heteroatoms. The van der Waals surface area contributed by atoms with Gasteiger partial charge in [0.25, 0.3) is 0 Å². The standard InChI is InChI=1S/C17H19N3O/c1-12(17(21)19-13-6-3-2-4-7-13)20-11-10-14-15(18)8-5-9-16(14)20/h2-9,12H,10-11,18H2,1H3,(H,19,21).